The molecule has 0 heterocycles. The molecule has 1 saturated carbocycles. The van der Waals surface area contributed by atoms with E-state index in [9.17, 15) is 8.78 Å². The summed E-state index contributed by atoms with van der Waals surface area (Å²) in [5, 5.41) is 11.1. The van der Waals surface area contributed by atoms with Crippen LogP contribution in [-0.2, 0) is 0 Å². The molecule has 0 aromatic carbocycles. The van der Waals surface area contributed by atoms with E-state index in [0.717, 1.165) is 6.42 Å². The summed E-state index contributed by atoms with van der Waals surface area (Å²) in [5.74, 6) is -1.20. The topological polar surface area (TPSA) is 32.3 Å². The normalized spacial score (nSPS) is 33.9. The number of alkyl halides is 2. The van der Waals surface area contributed by atoms with Crippen molar-refractivity contribution < 1.29 is 13.9 Å². The standard InChI is InChI=1S/C11H17F2NO/c12-11(13,7-15)6-14-5-10-4-8-1-2-9(10)3-8/h1-2,8-10,14-15H,3-7H2. The number of hydrogen-bond acceptors (Lipinski definition) is 2. The molecule has 0 aliphatic heterocycles. The fraction of sp³-hybridized carbons (Fsp3) is 0.818. The third-order valence-electron chi connectivity index (χ3n) is 3.44. The van der Waals surface area contributed by atoms with Crippen molar-refractivity contribution in [1.29, 1.82) is 0 Å². The van der Waals surface area contributed by atoms with E-state index in [1.54, 1.807) is 0 Å². The molecule has 0 spiro atoms. The second-order valence-electron chi connectivity index (χ2n) is 4.69. The number of hydrogen-bond donors (Lipinski definition) is 2. The van der Waals surface area contributed by atoms with E-state index in [1.807, 2.05) is 0 Å². The molecule has 3 atom stereocenters. The molecule has 3 unspecified atom stereocenters. The van der Waals surface area contributed by atoms with Gasteiger partial charge in [-0.1, -0.05) is 12.2 Å². The molecular formula is C11H17F2NO. The summed E-state index contributed by atoms with van der Waals surface area (Å²) >= 11 is 0. The number of halogens is 2. The van der Waals surface area contributed by atoms with Crippen LogP contribution in [-0.4, -0.2) is 30.7 Å². The Morgan fingerprint density at radius 3 is 2.67 bits per heavy atom. The molecule has 1 fully saturated rings. The first-order chi connectivity index (χ1) is 7.11. The fourth-order valence-electron chi connectivity index (χ4n) is 2.63. The first-order valence-electron chi connectivity index (χ1n) is 5.48. The largest absolute Gasteiger partial charge is 0.390 e. The minimum absolute atomic E-state index is 0.416. The van der Waals surface area contributed by atoms with Gasteiger partial charge in [-0.3, -0.25) is 0 Å². The lowest BCUT2D eigenvalue weighted by atomic mass is 9.93. The van der Waals surface area contributed by atoms with E-state index in [2.05, 4.69) is 17.5 Å². The van der Waals surface area contributed by atoms with Crippen molar-refractivity contribution in [2.24, 2.45) is 17.8 Å². The van der Waals surface area contributed by atoms with E-state index >= 15 is 0 Å². The maximum Gasteiger partial charge on any atom is 0.282 e. The summed E-state index contributed by atoms with van der Waals surface area (Å²) in [6, 6.07) is 0. The molecule has 15 heavy (non-hydrogen) atoms. The van der Waals surface area contributed by atoms with Crippen molar-refractivity contribution >= 4 is 0 Å². The van der Waals surface area contributed by atoms with Crippen LogP contribution < -0.4 is 5.32 Å². The average molecular weight is 217 g/mol. The molecule has 86 valence electrons. The summed E-state index contributed by atoms with van der Waals surface area (Å²) in [4.78, 5) is 0. The Morgan fingerprint density at radius 1 is 1.33 bits per heavy atom. The third kappa shape index (κ3) is 2.55. The van der Waals surface area contributed by atoms with Gasteiger partial charge in [0.25, 0.3) is 5.92 Å². The molecule has 0 aromatic rings. The first-order valence-corrected chi connectivity index (χ1v) is 5.48. The average Bonchev–Trinajstić information content (AvgIpc) is 2.79. The highest BCUT2D eigenvalue weighted by Crippen LogP contribution is 2.42. The Kier molecular flexibility index (Phi) is 3.07. The number of fused-ring (bicyclic) bond motifs is 2. The molecule has 2 N–H and O–H groups in total. The van der Waals surface area contributed by atoms with Gasteiger partial charge >= 0.3 is 0 Å². The molecule has 0 radical (unpaired) electrons. The van der Waals surface area contributed by atoms with Gasteiger partial charge in [0.15, 0.2) is 0 Å². The predicted molar refractivity (Wildman–Crippen MR) is 53.7 cm³/mol. The van der Waals surface area contributed by atoms with Gasteiger partial charge in [-0.05, 0) is 37.1 Å². The highest BCUT2D eigenvalue weighted by atomic mass is 19.3. The maximum absolute atomic E-state index is 12.7. The Hall–Kier alpha value is -0.480. The van der Waals surface area contributed by atoms with Crippen molar-refractivity contribution in [2.45, 2.75) is 18.8 Å². The first kappa shape index (κ1) is 11.0. The van der Waals surface area contributed by atoms with Crippen LogP contribution in [0.5, 0.6) is 0 Å². The van der Waals surface area contributed by atoms with E-state index in [1.165, 1.54) is 6.42 Å². The Morgan fingerprint density at radius 2 is 2.13 bits per heavy atom. The van der Waals surface area contributed by atoms with Gasteiger partial charge in [-0.2, -0.15) is 0 Å². The summed E-state index contributed by atoms with van der Waals surface area (Å²) in [5.41, 5.74) is 0. The third-order valence-corrected chi connectivity index (χ3v) is 3.44. The van der Waals surface area contributed by atoms with E-state index in [4.69, 9.17) is 5.11 Å². The lowest BCUT2D eigenvalue weighted by Crippen LogP contribution is -2.38. The number of nitrogens with one attached hydrogen (secondary N) is 1. The van der Waals surface area contributed by atoms with Crippen LogP contribution in [0.3, 0.4) is 0 Å². The molecule has 2 bridgehead atoms. The molecule has 2 aliphatic rings. The van der Waals surface area contributed by atoms with E-state index < -0.39 is 19.1 Å². The summed E-state index contributed by atoms with van der Waals surface area (Å²) in [6.07, 6.45) is 6.77. The molecule has 0 aromatic heterocycles. The van der Waals surface area contributed by atoms with Crippen LogP contribution in [0.15, 0.2) is 12.2 Å². The minimum Gasteiger partial charge on any atom is -0.390 e. The minimum atomic E-state index is -2.98. The highest BCUT2D eigenvalue weighted by molar-refractivity contribution is 5.10. The van der Waals surface area contributed by atoms with Crippen LogP contribution in [0.4, 0.5) is 8.78 Å². The fourth-order valence-corrected chi connectivity index (χ4v) is 2.63. The van der Waals surface area contributed by atoms with Gasteiger partial charge in [-0.15, -0.1) is 0 Å². The second kappa shape index (κ2) is 4.18. The van der Waals surface area contributed by atoms with E-state index in [-0.39, 0.29) is 0 Å². The zero-order valence-electron chi connectivity index (χ0n) is 8.63. The summed E-state index contributed by atoms with van der Waals surface area (Å²) in [7, 11) is 0. The highest BCUT2D eigenvalue weighted by Gasteiger charge is 2.36. The number of aliphatic hydroxyl groups excluding tert-OH is 1. The monoisotopic (exact) mass is 217 g/mol. The van der Waals surface area contributed by atoms with Gasteiger partial charge in [0, 0.05) is 0 Å². The van der Waals surface area contributed by atoms with Crippen molar-refractivity contribution in [1.82, 2.24) is 5.32 Å². The smallest absolute Gasteiger partial charge is 0.282 e. The summed E-state index contributed by atoms with van der Waals surface area (Å²) in [6.45, 7) is -0.848. The van der Waals surface area contributed by atoms with Gasteiger partial charge in [0.05, 0.1) is 6.54 Å². The van der Waals surface area contributed by atoms with Crippen LogP contribution in [0.25, 0.3) is 0 Å². The summed E-state index contributed by atoms with van der Waals surface area (Å²) < 4.78 is 25.4. The molecule has 2 aliphatic carbocycles. The SMILES string of the molecule is OCC(F)(F)CNCC1CC2C=CC1C2. The molecule has 4 heteroatoms. The lowest BCUT2D eigenvalue weighted by molar-refractivity contribution is -0.0480. The molecule has 0 saturated heterocycles. The quantitative estimate of drug-likeness (QED) is 0.682. The van der Waals surface area contributed by atoms with Crippen LogP contribution in [0.1, 0.15) is 12.8 Å². The lowest BCUT2D eigenvalue weighted by Gasteiger charge is -2.20. The van der Waals surface area contributed by atoms with E-state index in [0.29, 0.717) is 24.3 Å². The van der Waals surface area contributed by atoms with Crippen molar-refractivity contribution in [3.8, 4) is 0 Å². The number of allylic oxidation sites excluding steroid dienone is 2. The Balaban J connectivity index is 1.69. The molecule has 0 amide bonds. The Labute approximate surface area is 88.4 Å². The van der Waals surface area contributed by atoms with Gasteiger partial charge in [0.1, 0.15) is 6.61 Å². The molecule has 2 nitrogen and oxygen atoms in total. The number of rotatable bonds is 5. The van der Waals surface area contributed by atoms with Gasteiger partial charge in [-0.25, -0.2) is 8.78 Å². The van der Waals surface area contributed by atoms with Crippen molar-refractivity contribution in [2.75, 3.05) is 19.7 Å². The van der Waals surface area contributed by atoms with Gasteiger partial charge in [0.2, 0.25) is 0 Å². The van der Waals surface area contributed by atoms with Crippen LogP contribution >= 0.6 is 0 Å². The predicted octanol–water partition coefficient (Wildman–Crippen LogP) is 1.42. The van der Waals surface area contributed by atoms with Crippen molar-refractivity contribution in [3.63, 3.8) is 0 Å². The van der Waals surface area contributed by atoms with Crippen LogP contribution in [0.2, 0.25) is 0 Å². The maximum atomic E-state index is 12.7. The zero-order chi connectivity index (χ0) is 10.9. The Bertz CT molecular complexity index is 255. The van der Waals surface area contributed by atoms with Gasteiger partial charge < -0.3 is 10.4 Å². The molecule has 2 rings (SSSR count). The second-order valence-corrected chi connectivity index (χ2v) is 4.69. The zero-order valence-corrected chi connectivity index (χ0v) is 8.63. The number of aliphatic hydroxyl groups is 1. The molecular weight excluding hydrogens is 200 g/mol. The van der Waals surface area contributed by atoms with Crippen LogP contribution in [0, 0.1) is 17.8 Å². The van der Waals surface area contributed by atoms with Crippen molar-refractivity contribution in [3.05, 3.63) is 12.2 Å².